The molecule has 0 aliphatic carbocycles. The normalized spacial score (nSPS) is 12.7. The Morgan fingerprint density at radius 2 is 1.89 bits per heavy atom. The number of pyridine rings is 1. The Hall–Kier alpha value is -3.35. The maximum absolute atomic E-state index is 10.1. The van der Waals surface area contributed by atoms with Crippen LogP contribution in [-0.4, -0.2) is 63.8 Å². The quantitative estimate of drug-likeness (QED) is 0.227. The molecule has 1 aromatic carbocycles. The summed E-state index contributed by atoms with van der Waals surface area (Å²) in [7, 11) is 1.19. The first-order chi connectivity index (χ1) is 16.8. The SMILES string of the molecule is CCCC[C@](C)(CO)Nc1nc(NCc2ccc(OC)cc2OC)nc2cc(OB(O)O)cnc12. The molecular formula is C23H32BN5O6. The third kappa shape index (κ3) is 6.84. The molecule has 0 bridgehead atoms. The maximum atomic E-state index is 10.1. The van der Waals surface area contributed by atoms with E-state index in [0.717, 1.165) is 24.8 Å². The number of aliphatic hydroxyl groups excluding tert-OH is 1. The number of methoxy groups -OCH3 is 2. The van der Waals surface area contributed by atoms with Gasteiger partial charge in [0.1, 0.15) is 28.3 Å². The fourth-order valence-corrected chi connectivity index (χ4v) is 3.56. The standard InChI is InChI=1S/C23H32BN5O6/c1-5-6-9-23(2,14-30)29-21-20-18(10-17(13-25-20)35-24(31)32)27-22(28-21)26-12-15-7-8-16(33-3)11-19(15)34-4/h7-8,10-11,13,30-32H,5-6,9,12,14H2,1-4H3,(H2,26,27,28,29)/t23-/m1/s1. The van der Waals surface area contributed by atoms with Gasteiger partial charge < -0.3 is 39.9 Å². The number of benzene rings is 1. The van der Waals surface area contributed by atoms with E-state index in [2.05, 4.69) is 32.5 Å². The third-order valence-corrected chi connectivity index (χ3v) is 5.53. The zero-order valence-electron chi connectivity index (χ0n) is 20.4. The predicted molar refractivity (Wildman–Crippen MR) is 134 cm³/mol. The zero-order chi connectivity index (χ0) is 25.4. The number of ether oxygens (including phenoxy) is 2. The molecule has 12 heteroatoms. The first-order valence-electron chi connectivity index (χ1n) is 11.3. The van der Waals surface area contributed by atoms with Crippen LogP contribution in [0.2, 0.25) is 0 Å². The van der Waals surface area contributed by atoms with E-state index in [0.29, 0.717) is 40.8 Å². The molecule has 35 heavy (non-hydrogen) atoms. The molecule has 0 unspecified atom stereocenters. The summed E-state index contributed by atoms with van der Waals surface area (Å²) in [6.07, 6.45) is 4.00. The second-order valence-electron chi connectivity index (χ2n) is 8.36. The Morgan fingerprint density at radius 3 is 2.54 bits per heavy atom. The van der Waals surface area contributed by atoms with Gasteiger partial charge in [-0.15, -0.1) is 0 Å². The smallest absolute Gasteiger partial charge is 0.511 e. The number of fused-ring (bicyclic) bond motifs is 1. The van der Waals surface area contributed by atoms with Crippen LogP contribution in [0.15, 0.2) is 30.5 Å². The zero-order valence-corrected chi connectivity index (χ0v) is 20.4. The fraction of sp³-hybridized carbons (Fsp3) is 0.435. The van der Waals surface area contributed by atoms with Crippen LogP contribution in [-0.2, 0) is 6.54 Å². The number of hydrogen-bond donors (Lipinski definition) is 5. The van der Waals surface area contributed by atoms with Gasteiger partial charge in [0.2, 0.25) is 5.95 Å². The minimum absolute atomic E-state index is 0.0950. The summed E-state index contributed by atoms with van der Waals surface area (Å²) in [5.41, 5.74) is 1.12. The van der Waals surface area contributed by atoms with Crippen LogP contribution >= 0.6 is 0 Å². The maximum Gasteiger partial charge on any atom is 0.707 e. The van der Waals surface area contributed by atoms with E-state index in [-0.39, 0.29) is 12.4 Å². The number of hydrogen-bond acceptors (Lipinski definition) is 11. The number of nitrogens with zero attached hydrogens (tertiary/aromatic N) is 3. The van der Waals surface area contributed by atoms with Crippen molar-refractivity contribution in [2.24, 2.45) is 0 Å². The first kappa shape index (κ1) is 26.3. The van der Waals surface area contributed by atoms with Crippen molar-refractivity contribution in [1.82, 2.24) is 15.0 Å². The van der Waals surface area contributed by atoms with Crippen molar-refractivity contribution in [1.29, 1.82) is 0 Å². The molecule has 0 radical (unpaired) electrons. The molecule has 0 saturated heterocycles. The summed E-state index contributed by atoms with van der Waals surface area (Å²) in [6.45, 7) is 4.28. The highest BCUT2D eigenvalue weighted by Crippen LogP contribution is 2.29. The fourth-order valence-electron chi connectivity index (χ4n) is 3.56. The van der Waals surface area contributed by atoms with Crippen molar-refractivity contribution < 1.29 is 29.3 Å². The third-order valence-electron chi connectivity index (χ3n) is 5.53. The molecule has 3 aromatic rings. The van der Waals surface area contributed by atoms with E-state index in [4.69, 9.17) is 24.2 Å². The number of aromatic nitrogens is 3. The molecule has 0 fully saturated rings. The van der Waals surface area contributed by atoms with E-state index >= 15 is 0 Å². The average molecular weight is 485 g/mol. The van der Waals surface area contributed by atoms with Crippen LogP contribution in [0.5, 0.6) is 17.2 Å². The largest absolute Gasteiger partial charge is 0.707 e. The van der Waals surface area contributed by atoms with E-state index in [9.17, 15) is 5.11 Å². The van der Waals surface area contributed by atoms with Gasteiger partial charge in [-0.3, -0.25) is 0 Å². The molecule has 0 spiro atoms. The molecule has 0 amide bonds. The molecule has 3 rings (SSSR count). The van der Waals surface area contributed by atoms with Crippen LogP contribution in [0.4, 0.5) is 11.8 Å². The van der Waals surface area contributed by atoms with Gasteiger partial charge in [0.15, 0.2) is 5.82 Å². The highest BCUT2D eigenvalue weighted by atomic mass is 16.6. The minimum Gasteiger partial charge on any atom is -0.511 e. The second kappa shape index (κ2) is 11.9. The molecular weight excluding hydrogens is 453 g/mol. The molecule has 0 aliphatic rings. The van der Waals surface area contributed by atoms with Crippen LogP contribution in [0, 0.1) is 0 Å². The van der Waals surface area contributed by atoms with Gasteiger partial charge in [0.25, 0.3) is 0 Å². The van der Waals surface area contributed by atoms with Crippen LogP contribution in [0.25, 0.3) is 11.0 Å². The van der Waals surface area contributed by atoms with Gasteiger partial charge in [-0.25, -0.2) is 9.97 Å². The van der Waals surface area contributed by atoms with E-state index in [1.54, 1.807) is 20.3 Å². The summed E-state index contributed by atoms with van der Waals surface area (Å²) in [5, 5.41) is 34.9. The lowest BCUT2D eigenvalue weighted by molar-refractivity contribution is 0.212. The Bertz CT molecular complexity index is 1130. The van der Waals surface area contributed by atoms with Gasteiger partial charge in [-0.2, -0.15) is 4.98 Å². The lowest BCUT2D eigenvalue weighted by Crippen LogP contribution is -2.39. The van der Waals surface area contributed by atoms with Crippen molar-refractivity contribution >= 4 is 30.1 Å². The van der Waals surface area contributed by atoms with Crippen molar-refractivity contribution in [3.05, 3.63) is 36.0 Å². The number of aliphatic hydroxyl groups is 1. The summed E-state index contributed by atoms with van der Waals surface area (Å²) in [4.78, 5) is 13.5. The van der Waals surface area contributed by atoms with Gasteiger partial charge in [-0.1, -0.05) is 19.8 Å². The molecule has 0 saturated carbocycles. The van der Waals surface area contributed by atoms with Crippen LogP contribution in [0.1, 0.15) is 38.7 Å². The average Bonchev–Trinajstić information content (AvgIpc) is 2.85. The van der Waals surface area contributed by atoms with E-state index in [1.165, 1.54) is 12.3 Å². The molecule has 11 nitrogen and oxygen atoms in total. The minimum atomic E-state index is -1.99. The van der Waals surface area contributed by atoms with Crippen molar-refractivity contribution in [2.45, 2.75) is 45.2 Å². The Balaban J connectivity index is 1.97. The molecule has 1 atom stereocenters. The molecule has 5 N–H and O–H groups in total. The Labute approximate surface area is 204 Å². The summed E-state index contributed by atoms with van der Waals surface area (Å²) >= 11 is 0. The molecule has 188 valence electrons. The Kier molecular flexibility index (Phi) is 8.91. The highest BCUT2D eigenvalue weighted by Gasteiger charge is 2.25. The Morgan fingerprint density at radius 1 is 1.09 bits per heavy atom. The van der Waals surface area contributed by atoms with Crippen LogP contribution < -0.4 is 24.8 Å². The number of anilines is 2. The predicted octanol–water partition coefficient (Wildman–Crippen LogP) is 2.36. The number of unbranched alkanes of at least 4 members (excludes halogenated alkanes) is 1. The summed E-state index contributed by atoms with van der Waals surface area (Å²) in [5.74, 6) is 2.20. The number of rotatable bonds is 13. The highest BCUT2D eigenvalue weighted by molar-refractivity contribution is 6.33. The van der Waals surface area contributed by atoms with E-state index in [1.807, 2.05) is 19.1 Å². The lowest BCUT2D eigenvalue weighted by atomic mass is 9.96. The second-order valence-corrected chi connectivity index (χ2v) is 8.36. The topological polar surface area (TPSA) is 151 Å². The molecule has 2 heterocycles. The van der Waals surface area contributed by atoms with Crippen molar-refractivity contribution in [3.8, 4) is 17.2 Å². The van der Waals surface area contributed by atoms with Gasteiger partial charge >= 0.3 is 7.32 Å². The van der Waals surface area contributed by atoms with Crippen LogP contribution in [0.3, 0.4) is 0 Å². The summed E-state index contributed by atoms with van der Waals surface area (Å²) < 4.78 is 15.7. The number of nitrogens with one attached hydrogen (secondary N) is 2. The molecule has 0 aliphatic heterocycles. The molecule has 2 aromatic heterocycles. The monoisotopic (exact) mass is 485 g/mol. The first-order valence-corrected chi connectivity index (χ1v) is 11.3. The van der Waals surface area contributed by atoms with E-state index < -0.39 is 12.9 Å². The van der Waals surface area contributed by atoms with Gasteiger partial charge in [-0.05, 0) is 25.5 Å². The van der Waals surface area contributed by atoms with Gasteiger partial charge in [0, 0.05) is 24.2 Å². The summed E-state index contributed by atoms with van der Waals surface area (Å²) in [6, 6.07) is 7.05. The van der Waals surface area contributed by atoms with Crippen molar-refractivity contribution in [3.63, 3.8) is 0 Å². The lowest BCUT2D eigenvalue weighted by Gasteiger charge is -2.29. The van der Waals surface area contributed by atoms with Crippen molar-refractivity contribution in [2.75, 3.05) is 31.5 Å². The van der Waals surface area contributed by atoms with Gasteiger partial charge in [0.05, 0.1) is 32.6 Å².